The van der Waals surface area contributed by atoms with Crippen molar-refractivity contribution in [1.29, 1.82) is 0 Å². The molecule has 3 nitrogen and oxygen atoms in total. The fourth-order valence-electron chi connectivity index (χ4n) is 1.37. The summed E-state index contributed by atoms with van der Waals surface area (Å²) in [5.74, 6) is -0.259. The smallest absolute Gasteiger partial charge is 0.250 e. The van der Waals surface area contributed by atoms with Crippen molar-refractivity contribution in [1.82, 2.24) is 4.98 Å². The molecule has 0 saturated heterocycles. The molecule has 2 aromatic rings. The minimum Gasteiger partial charge on any atom is -0.298 e. The average Bonchev–Trinajstić information content (AvgIpc) is 2.76. The summed E-state index contributed by atoms with van der Waals surface area (Å²) < 4.78 is 0. The molecule has 0 saturated carbocycles. The average molecular weight is 313 g/mol. The number of nitrogens with zero attached hydrogens (tertiary/aromatic N) is 1. The minimum absolute atomic E-state index is 0.259. The maximum Gasteiger partial charge on any atom is 0.250 e. The molecule has 98 valence electrons. The fourth-order valence-corrected chi connectivity index (χ4v) is 2.41. The van der Waals surface area contributed by atoms with Crippen LogP contribution in [0.4, 0.5) is 5.13 Å². The van der Waals surface area contributed by atoms with Gasteiger partial charge in [0.15, 0.2) is 5.13 Å². The highest BCUT2D eigenvalue weighted by molar-refractivity contribution is 7.15. The highest BCUT2D eigenvalue weighted by Crippen LogP contribution is 2.26. The normalized spacial score (nSPS) is 10.9. The molecule has 0 radical (unpaired) electrons. The van der Waals surface area contributed by atoms with E-state index in [4.69, 9.17) is 23.2 Å². The van der Waals surface area contributed by atoms with Crippen molar-refractivity contribution in [3.8, 4) is 0 Å². The van der Waals surface area contributed by atoms with Crippen LogP contribution in [0.1, 0.15) is 10.4 Å². The quantitative estimate of drug-likeness (QED) is 0.853. The molecular weight excluding hydrogens is 303 g/mol. The largest absolute Gasteiger partial charge is 0.298 e. The number of aromatic nitrogens is 1. The lowest BCUT2D eigenvalue weighted by atomic mass is 10.2. The molecule has 1 N–H and O–H groups in total. The molecule has 0 spiro atoms. The minimum atomic E-state index is -0.259. The van der Waals surface area contributed by atoms with E-state index in [9.17, 15) is 4.79 Å². The van der Waals surface area contributed by atoms with Gasteiger partial charge >= 0.3 is 0 Å². The highest BCUT2D eigenvalue weighted by atomic mass is 35.5. The first-order valence-corrected chi connectivity index (χ1v) is 6.99. The van der Waals surface area contributed by atoms with Gasteiger partial charge in [-0.2, -0.15) is 0 Å². The number of amides is 1. The van der Waals surface area contributed by atoms with Crippen molar-refractivity contribution >= 4 is 51.7 Å². The van der Waals surface area contributed by atoms with E-state index >= 15 is 0 Å². The van der Waals surface area contributed by atoms with Crippen LogP contribution < -0.4 is 5.32 Å². The van der Waals surface area contributed by atoms with Gasteiger partial charge in [0.25, 0.3) is 0 Å². The van der Waals surface area contributed by atoms with Gasteiger partial charge < -0.3 is 0 Å². The van der Waals surface area contributed by atoms with Crippen molar-refractivity contribution < 1.29 is 4.79 Å². The summed E-state index contributed by atoms with van der Waals surface area (Å²) in [7, 11) is 0. The van der Waals surface area contributed by atoms with Gasteiger partial charge in [-0.3, -0.25) is 10.1 Å². The number of halogens is 2. The summed E-state index contributed by atoms with van der Waals surface area (Å²) in [6.45, 7) is 1.93. The van der Waals surface area contributed by atoms with Crippen LogP contribution in [0.15, 0.2) is 30.5 Å². The Balaban J connectivity index is 2.06. The SMILES string of the molecule is Cc1cnc(NC(=O)C=Cc2cccc(Cl)c2Cl)s1. The van der Waals surface area contributed by atoms with E-state index in [0.29, 0.717) is 20.7 Å². The molecule has 0 fully saturated rings. The third-order valence-corrected chi connectivity index (χ3v) is 3.91. The molecule has 0 atom stereocenters. The van der Waals surface area contributed by atoms with E-state index in [0.717, 1.165) is 4.88 Å². The van der Waals surface area contributed by atoms with Gasteiger partial charge in [0, 0.05) is 17.2 Å². The van der Waals surface area contributed by atoms with E-state index in [1.54, 1.807) is 30.5 Å². The van der Waals surface area contributed by atoms with E-state index in [1.807, 2.05) is 6.92 Å². The van der Waals surface area contributed by atoms with Crippen molar-refractivity contribution in [2.24, 2.45) is 0 Å². The van der Waals surface area contributed by atoms with E-state index in [2.05, 4.69) is 10.3 Å². The number of carbonyl (C=O) groups is 1. The molecule has 0 aliphatic rings. The highest BCUT2D eigenvalue weighted by Gasteiger charge is 2.04. The second-order valence-electron chi connectivity index (χ2n) is 3.74. The van der Waals surface area contributed by atoms with Crippen LogP contribution in [0, 0.1) is 6.92 Å². The maximum atomic E-state index is 11.7. The molecule has 0 unspecified atom stereocenters. The van der Waals surface area contributed by atoms with Crippen molar-refractivity contribution in [3.05, 3.63) is 51.0 Å². The van der Waals surface area contributed by atoms with Crippen LogP contribution in [0.2, 0.25) is 10.0 Å². The number of benzene rings is 1. The topological polar surface area (TPSA) is 42.0 Å². The maximum absolute atomic E-state index is 11.7. The summed E-state index contributed by atoms with van der Waals surface area (Å²) >= 11 is 13.3. The Morgan fingerprint density at radius 2 is 2.21 bits per heavy atom. The number of anilines is 1. The molecule has 2 rings (SSSR count). The number of thiazole rings is 1. The molecule has 19 heavy (non-hydrogen) atoms. The Bertz CT molecular complexity index is 637. The van der Waals surface area contributed by atoms with E-state index < -0.39 is 0 Å². The zero-order valence-electron chi connectivity index (χ0n) is 9.98. The van der Waals surface area contributed by atoms with Gasteiger partial charge in [-0.15, -0.1) is 11.3 Å². The second-order valence-corrected chi connectivity index (χ2v) is 5.76. The van der Waals surface area contributed by atoms with Gasteiger partial charge in [-0.05, 0) is 24.6 Å². The first-order valence-electron chi connectivity index (χ1n) is 5.42. The standard InChI is InChI=1S/C13H10Cl2N2OS/c1-8-7-16-13(19-8)17-11(18)6-5-9-3-2-4-10(14)12(9)15/h2-7H,1H3,(H,16,17,18). The summed E-state index contributed by atoms with van der Waals surface area (Å²) in [6.07, 6.45) is 4.72. The predicted octanol–water partition coefficient (Wildman–Crippen LogP) is 4.41. The van der Waals surface area contributed by atoms with Gasteiger partial charge in [-0.1, -0.05) is 35.3 Å². The monoisotopic (exact) mass is 312 g/mol. The predicted molar refractivity (Wildman–Crippen MR) is 81.0 cm³/mol. The Hall–Kier alpha value is -1.36. The molecular formula is C13H10Cl2N2OS. The third kappa shape index (κ3) is 3.80. The van der Waals surface area contributed by atoms with Crippen LogP contribution in [-0.2, 0) is 4.79 Å². The number of nitrogens with one attached hydrogen (secondary N) is 1. The lowest BCUT2D eigenvalue weighted by molar-refractivity contribution is -0.111. The number of carbonyl (C=O) groups excluding carboxylic acids is 1. The van der Waals surface area contributed by atoms with Crippen LogP contribution in [-0.4, -0.2) is 10.9 Å². The Morgan fingerprint density at radius 1 is 1.42 bits per heavy atom. The summed E-state index contributed by atoms with van der Waals surface area (Å²) in [5, 5.41) is 4.13. The Labute approximate surface area is 124 Å². The van der Waals surface area contributed by atoms with Gasteiger partial charge in [-0.25, -0.2) is 4.98 Å². The summed E-state index contributed by atoms with van der Waals surface area (Å²) in [6, 6.07) is 5.25. The fraction of sp³-hybridized carbons (Fsp3) is 0.0769. The second kappa shape index (κ2) is 6.19. The van der Waals surface area contributed by atoms with Crippen LogP contribution >= 0.6 is 34.5 Å². The molecule has 1 aromatic carbocycles. The Morgan fingerprint density at radius 3 is 2.89 bits per heavy atom. The number of hydrogen-bond donors (Lipinski definition) is 1. The molecule has 0 bridgehead atoms. The molecule has 1 heterocycles. The Kier molecular flexibility index (Phi) is 4.58. The molecule has 0 aliphatic carbocycles. The summed E-state index contributed by atoms with van der Waals surface area (Å²) in [5.41, 5.74) is 0.694. The third-order valence-electron chi connectivity index (χ3n) is 2.25. The van der Waals surface area contributed by atoms with Gasteiger partial charge in [0.1, 0.15) is 0 Å². The first kappa shape index (κ1) is 14.1. The lowest BCUT2D eigenvalue weighted by Gasteiger charge is -2.00. The van der Waals surface area contributed by atoms with Crippen LogP contribution in [0.5, 0.6) is 0 Å². The van der Waals surface area contributed by atoms with Crippen LogP contribution in [0.25, 0.3) is 6.08 Å². The first-order chi connectivity index (χ1) is 9.06. The molecule has 1 aromatic heterocycles. The van der Waals surface area contributed by atoms with Crippen molar-refractivity contribution in [3.63, 3.8) is 0 Å². The number of aryl methyl sites for hydroxylation is 1. The summed E-state index contributed by atoms with van der Waals surface area (Å²) in [4.78, 5) is 16.8. The molecule has 0 aliphatic heterocycles. The van der Waals surface area contributed by atoms with E-state index in [-0.39, 0.29) is 5.91 Å². The van der Waals surface area contributed by atoms with E-state index in [1.165, 1.54) is 17.4 Å². The number of hydrogen-bond acceptors (Lipinski definition) is 3. The van der Waals surface area contributed by atoms with Crippen molar-refractivity contribution in [2.45, 2.75) is 6.92 Å². The van der Waals surface area contributed by atoms with Gasteiger partial charge in [0.2, 0.25) is 5.91 Å². The lowest BCUT2D eigenvalue weighted by Crippen LogP contribution is -2.07. The van der Waals surface area contributed by atoms with Crippen molar-refractivity contribution in [2.75, 3.05) is 5.32 Å². The zero-order chi connectivity index (χ0) is 13.8. The molecule has 1 amide bonds. The van der Waals surface area contributed by atoms with Gasteiger partial charge in [0.05, 0.1) is 10.0 Å². The zero-order valence-corrected chi connectivity index (χ0v) is 12.3. The van der Waals surface area contributed by atoms with Crippen LogP contribution in [0.3, 0.4) is 0 Å². The molecule has 6 heteroatoms. The number of rotatable bonds is 3.